The molecule has 0 bridgehead atoms. The monoisotopic (exact) mass is 250 g/mol. The maximum absolute atomic E-state index is 5.41. The summed E-state index contributed by atoms with van der Waals surface area (Å²) in [4.78, 5) is 2.59. The van der Waals surface area contributed by atoms with Crippen LogP contribution in [0.3, 0.4) is 0 Å². The minimum Gasteiger partial charge on any atom is -0.469 e. The van der Waals surface area contributed by atoms with Crippen molar-refractivity contribution >= 4 is 0 Å². The molecule has 1 aromatic rings. The lowest BCUT2D eigenvalue weighted by atomic mass is 10.0. The summed E-state index contributed by atoms with van der Waals surface area (Å²) in [5.74, 6) is 1.84. The van der Waals surface area contributed by atoms with Crippen LogP contribution >= 0.6 is 0 Å². The highest BCUT2D eigenvalue weighted by molar-refractivity contribution is 4.98. The Bertz CT molecular complexity index is 323. The van der Waals surface area contributed by atoms with Gasteiger partial charge in [0.2, 0.25) is 0 Å². The zero-order valence-corrected chi connectivity index (χ0v) is 11.7. The summed E-state index contributed by atoms with van der Waals surface area (Å²) in [6, 6.07) is 4.74. The van der Waals surface area contributed by atoms with Crippen LogP contribution < -0.4 is 5.32 Å². The first-order chi connectivity index (χ1) is 8.78. The summed E-state index contributed by atoms with van der Waals surface area (Å²) in [7, 11) is 0. The first-order valence-corrected chi connectivity index (χ1v) is 7.26. The Kier molecular flexibility index (Phi) is 5.26. The zero-order chi connectivity index (χ0) is 12.8. The Labute approximate surface area is 111 Å². The molecule has 0 radical (unpaired) electrons. The van der Waals surface area contributed by atoms with Gasteiger partial charge in [0.15, 0.2) is 0 Å². The Morgan fingerprint density at radius 3 is 3.11 bits per heavy atom. The molecule has 2 rings (SSSR count). The molecule has 1 aliphatic heterocycles. The largest absolute Gasteiger partial charge is 0.469 e. The summed E-state index contributed by atoms with van der Waals surface area (Å²) >= 11 is 0. The summed E-state index contributed by atoms with van der Waals surface area (Å²) in [5, 5.41) is 3.67. The van der Waals surface area contributed by atoms with E-state index in [2.05, 4.69) is 30.1 Å². The number of hydrogen-bond acceptors (Lipinski definition) is 3. The third kappa shape index (κ3) is 4.14. The zero-order valence-electron chi connectivity index (χ0n) is 11.7. The number of nitrogens with one attached hydrogen (secondary N) is 1. The second kappa shape index (κ2) is 6.95. The molecule has 2 atom stereocenters. The first kappa shape index (κ1) is 13.6. The van der Waals surface area contributed by atoms with E-state index in [1.54, 1.807) is 6.26 Å². The van der Waals surface area contributed by atoms with E-state index in [1.165, 1.54) is 25.9 Å². The molecule has 2 heterocycles. The molecule has 1 aliphatic rings. The molecule has 3 nitrogen and oxygen atoms in total. The summed E-state index contributed by atoms with van der Waals surface area (Å²) < 4.78 is 5.41. The Morgan fingerprint density at radius 1 is 1.50 bits per heavy atom. The first-order valence-electron chi connectivity index (χ1n) is 7.26. The highest BCUT2D eigenvalue weighted by Gasteiger charge is 2.17. The van der Waals surface area contributed by atoms with Crippen LogP contribution in [0.4, 0.5) is 0 Å². The molecule has 0 saturated carbocycles. The van der Waals surface area contributed by atoms with Gasteiger partial charge >= 0.3 is 0 Å². The number of nitrogens with zero attached hydrogens (tertiary/aromatic N) is 1. The van der Waals surface area contributed by atoms with Crippen molar-refractivity contribution in [1.29, 1.82) is 0 Å². The molecular weight excluding hydrogens is 224 g/mol. The van der Waals surface area contributed by atoms with E-state index >= 15 is 0 Å². The molecule has 18 heavy (non-hydrogen) atoms. The van der Waals surface area contributed by atoms with Gasteiger partial charge in [-0.2, -0.15) is 0 Å². The lowest BCUT2D eigenvalue weighted by Crippen LogP contribution is -2.43. The maximum atomic E-state index is 5.41. The van der Waals surface area contributed by atoms with Crippen LogP contribution in [-0.4, -0.2) is 37.1 Å². The predicted octanol–water partition coefficient (Wildman–Crippen LogP) is 2.53. The van der Waals surface area contributed by atoms with Gasteiger partial charge < -0.3 is 14.6 Å². The molecule has 1 fully saturated rings. The number of furan rings is 1. The van der Waals surface area contributed by atoms with Crippen molar-refractivity contribution < 1.29 is 4.42 Å². The Balaban J connectivity index is 1.82. The Morgan fingerprint density at radius 2 is 2.39 bits per heavy atom. The van der Waals surface area contributed by atoms with Crippen LogP contribution in [0.2, 0.25) is 0 Å². The van der Waals surface area contributed by atoms with Gasteiger partial charge in [0.25, 0.3) is 0 Å². The lowest BCUT2D eigenvalue weighted by molar-refractivity contribution is 0.196. The van der Waals surface area contributed by atoms with Gasteiger partial charge in [-0.3, -0.25) is 0 Å². The summed E-state index contributed by atoms with van der Waals surface area (Å²) in [5.41, 5.74) is 0. The lowest BCUT2D eigenvalue weighted by Gasteiger charge is -2.31. The van der Waals surface area contributed by atoms with E-state index in [1.807, 2.05) is 6.07 Å². The normalized spacial score (nSPS) is 26.8. The molecule has 102 valence electrons. The molecule has 1 N–H and O–H groups in total. The van der Waals surface area contributed by atoms with Gasteiger partial charge in [0, 0.05) is 25.6 Å². The van der Waals surface area contributed by atoms with Gasteiger partial charge in [0.05, 0.1) is 6.26 Å². The maximum Gasteiger partial charge on any atom is 0.105 e. The smallest absolute Gasteiger partial charge is 0.105 e. The number of rotatable bonds is 4. The molecule has 1 saturated heterocycles. The summed E-state index contributed by atoms with van der Waals surface area (Å²) in [6.45, 7) is 9.28. The fourth-order valence-corrected chi connectivity index (χ4v) is 2.68. The second-order valence-corrected chi connectivity index (χ2v) is 5.54. The molecule has 0 spiro atoms. The van der Waals surface area contributed by atoms with Crippen molar-refractivity contribution in [3.05, 3.63) is 24.2 Å². The van der Waals surface area contributed by atoms with E-state index in [0.717, 1.165) is 31.2 Å². The third-order valence-electron chi connectivity index (χ3n) is 3.87. The second-order valence-electron chi connectivity index (χ2n) is 5.54. The fraction of sp³-hybridized carbons (Fsp3) is 0.733. The molecule has 0 amide bonds. The minimum absolute atomic E-state index is 0.693. The van der Waals surface area contributed by atoms with Crippen molar-refractivity contribution in [2.75, 3.05) is 26.2 Å². The molecule has 1 aromatic heterocycles. The van der Waals surface area contributed by atoms with Gasteiger partial charge in [0.1, 0.15) is 5.76 Å². The topological polar surface area (TPSA) is 28.4 Å². The predicted molar refractivity (Wildman–Crippen MR) is 74.7 cm³/mol. The minimum atomic E-state index is 0.693. The fourth-order valence-electron chi connectivity index (χ4n) is 2.68. The van der Waals surface area contributed by atoms with Gasteiger partial charge in [-0.15, -0.1) is 0 Å². The van der Waals surface area contributed by atoms with Crippen LogP contribution in [-0.2, 0) is 6.42 Å². The van der Waals surface area contributed by atoms with Crippen LogP contribution in [0.1, 0.15) is 32.4 Å². The van der Waals surface area contributed by atoms with Crippen molar-refractivity contribution in [2.24, 2.45) is 5.92 Å². The van der Waals surface area contributed by atoms with E-state index in [9.17, 15) is 0 Å². The van der Waals surface area contributed by atoms with Crippen LogP contribution in [0.25, 0.3) is 0 Å². The van der Waals surface area contributed by atoms with E-state index in [-0.39, 0.29) is 0 Å². The highest BCUT2D eigenvalue weighted by Crippen LogP contribution is 2.10. The average Bonchev–Trinajstić information content (AvgIpc) is 2.86. The van der Waals surface area contributed by atoms with Gasteiger partial charge in [-0.1, -0.05) is 13.8 Å². The third-order valence-corrected chi connectivity index (χ3v) is 3.87. The van der Waals surface area contributed by atoms with Crippen molar-refractivity contribution in [1.82, 2.24) is 10.2 Å². The summed E-state index contributed by atoms with van der Waals surface area (Å²) in [6.07, 6.45) is 5.30. The molecule has 2 unspecified atom stereocenters. The molecule has 0 aromatic carbocycles. The van der Waals surface area contributed by atoms with E-state index < -0.39 is 0 Å². The van der Waals surface area contributed by atoms with Crippen molar-refractivity contribution in [3.63, 3.8) is 0 Å². The standard InChI is InChI=1S/C15H26N2O/c1-3-14-6-8-17(12-13(2)11-16-14)9-7-15-5-4-10-18-15/h4-5,10,13-14,16H,3,6-9,11-12H2,1-2H3. The average molecular weight is 250 g/mol. The van der Waals surface area contributed by atoms with Gasteiger partial charge in [-0.05, 0) is 44.0 Å². The molecule has 0 aliphatic carbocycles. The van der Waals surface area contributed by atoms with Gasteiger partial charge in [-0.25, -0.2) is 0 Å². The van der Waals surface area contributed by atoms with Crippen LogP contribution in [0, 0.1) is 5.92 Å². The van der Waals surface area contributed by atoms with E-state index in [0.29, 0.717) is 6.04 Å². The molecular formula is C15H26N2O. The van der Waals surface area contributed by atoms with Crippen molar-refractivity contribution in [2.45, 2.75) is 39.2 Å². The SMILES string of the molecule is CCC1CCN(CCc2ccco2)CC(C)CN1. The van der Waals surface area contributed by atoms with Crippen LogP contribution in [0.15, 0.2) is 22.8 Å². The van der Waals surface area contributed by atoms with E-state index in [4.69, 9.17) is 4.42 Å². The molecule has 3 heteroatoms. The Hall–Kier alpha value is -0.800. The quantitative estimate of drug-likeness (QED) is 0.890. The van der Waals surface area contributed by atoms with Crippen LogP contribution in [0.5, 0.6) is 0 Å². The van der Waals surface area contributed by atoms with Crippen molar-refractivity contribution in [3.8, 4) is 0 Å². The number of hydrogen-bond donors (Lipinski definition) is 1. The highest BCUT2D eigenvalue weighted by atomic mass is 16.3.